The predicted octanol–water partition coefficient (Wildman–Crippen LogP) is 7.68. The van der Waals surface area contributed by atoms with Crippen LogP contribution >= 0.6 is 11.6 Å². The molecule has 0 fully saturated rings. The van der Waals surface area contributed by atoms with Gasteiger partial charge in [-0.25, -0.2) is 9.78 Å². The Balaban J connectivity index is 1.52. The molecule has 0 bridgehead atoms. The summed E-state index contributed by atoms with van der Waals surface area (Å²) in [6.45, 7) is 9.71. The minimum atomic E-state index is -0.331. The zero-order valence-corrected chi connectivity index (χ0v) is 23.3. The average Bonchev–Trinajstić information content (AvgIpc) is 3.21. The standard InChI is InChI=1S/C31H35ClN2O4/c1-5-7-8-16-37-25-13-12-23(27(32)17-25)19-34-22(4)33-28-15-14-26(18-29(28)34)38-20-24-11-9-10-21(3)30(24)31(35)36-6-2/h9-15,17-18H,5-8,16,19-20H2,1-4H3. The van der Waals surface area contributed by atoms with Crippen molar-refractivity contribution in [3.05, 3.63) is 87.7 Å². The quantitative estimate of drug-likeness (QED) is 0.138. The van der Waals surface area contributed by atoms with E-state index in [0.717, 1.165) is 58.6 Å². The Kier molecular flexibility index (Phi) is 9.29. The van der Waals surface area contributed by atoms with Crippen molar-refractivity contribution in [1.29, 1.82) is 0 Å². The first-order valence-electron chi connectivity index (χ1n) is 13.2. The topological polar surface area (TPSA) is 62.6 Å². The summed E-state index contributed by atoms with van der Waals surface area (Å²) >= 11 is 6.64. The Hall–Kier alpha value is -3.51. The maximum atomic E-state index is 12.5. The number of unbranched alkanes of at least 4 members (excludes halogenated alkanes) is 2. The number of fused-ring (bicyclic) bond motifs is 1. The van der Waals surface area contributed by atoms with Crippen molar-refractivity contribution in [2.75, 3.05) is 13.2 Å². The number of carbonyl (C=O) groups excluding carboxylic acids is 1. The minimum Gasteiger partial charge on any atom is -0.494 e. The number of benzene rings is 3. The maximum absolute atomic E-state index is 12.5. The highest BCUT2D eigenvalue weighted by molar-refractivity contribution is 6.31. The Morgan fingerprint density at radius 3 is 2.50 bits per heavy atom. The van der Waals surface area contributed by atoms with Crippen LogP contribution < -0.4 is 9.47 Å². The largest absolute Gasteiger partial charge is 0.494 e. The molecule has 4 aromatic rings. The van der Waals surface area contributed by atoms with E-state index in [9.17, 15) is 4.79 Å². The number of hydrogen-bond donors (Lipinski definition) is 0. The van der Waals surface area contributed by atoms with Crippen molar-refractivity contribution < 1.29 is 19.0 Å². The molecule has 0 atom stereocenters. The van der Waals surface area contributed by atoms with Crippen molar-refractivity contribution in [2.45, 2.75) is 60.1 Å². The maximum Gasteiger partial charge on any atom is 0.338 e. The van der Waals surface area contributed by atoms with Crippen LogP contribution in [0.1, 0.15) is 66.0 Å². The lowest BCUT2D eigenvalue weighted by molar-refractivity contribution is 0.0522. The van der Waals surface area contributed by atoms with Crippen LogP contribution in [0, 0.1) is 13.8 Å². The molecule has 0 radical (unpaired) electrons. The van der Waals surface area contributed by atoms with Gasteiger partial charge in [0, 0.05) is 16.7 Å². The Morgan fingerprint density at radius 1 is 0.947 bits per heavy atom. The molecule has 0 N–H and O–H groups in total. The molecule has 0 saturated carbocycles. The fraction of sp³-hybridized carbons (Fsp3) is 0.355. The smallest absolute Gasteiger partial charge is 0.338 e. The summed E-state index contributed by atoms with van der Waals surface area (Å²) in [5.74, 6) is 2.03. The third-order valence-electron chi connectivity index (χ3n) is 6.51. The van der Waals surface area contributed by atoms with Crippen molar-refractivity contribution in [1.82, 2.24) is 9.55 Å². The first kappa shape index (κ1) is 27.5. The summed E-state index contributed by atoms with van der Waals surface area (Å²) in [6.07, 6.45) is 3.35. The molecule has 3 aromatic carbocycles. The Bertz CT molecular complexity index is 1410. The van der Waals surface area contributed by atoms with Crippen LogP contribution in [0.4, 0.5) is 0 Å². The lowest BCUT2D eigenvalue weighted by Crippen LogP contribution is -2.12. The molecular formula is C31H35ClN2O4. The van der Waals surface area contributed by atoms with Gasteiger partial charge in [-0.3, -0.25) is 0 Å². The average molecular weight is 535 g/mol. The van der Waals surface area contributed by atoms with Gasteiger partial charge in [0.05, 0.1) is 36.4 Å². The summed E-state index contributed by atoms with van der Waals surface area (Å²) in [7, 11) is 0. The van der Waals surface area contributed by atoms with Crippen molar-refractivity contribution in [3.63, 3.8) is 0 Å². The van der Waals surface area contributed by atoms with E-state index in [1.807, 2.05) is 68.4 Å². The molecule has 0 amide bonds. The molecule has 0 unspecified atom stereocenters. The second kappa shape index (κ2) is 12.8. The first-order chi connectivity index (χ1) is 18.4. The molecule has 1 heterocycles. The minimum absolute atomic E-state index is 0.250. The van der Waals surface area contributed by atoms with Gasteiger partial charge in [-0.2, -0.15) is 0 Å². The number of esters is 1. The van der Waals surface area contributed by atoms with Gasteiger partial charge in [-0.05, 0) is 62.6 Å². The number of ether oxygens (including phenoxy) is 3. The highest BCUT2D eigenvalue weighted by Gasteiger charge is 2.16. The lowest BCUT2D eigenvalue weighted by Gasteiger charge is -2.14. The second-order valence-corrected chi connectivity index (χ2v) is 9.73. The molecule has 0 aliphatic heterocycles. The molecule has 0 saturated heterocycles. The zero-order valence-electron chi connectivity index (χ0n) is 22.6. The number of halogens is 1. The Labute approximate surface area is 229 Å². The molecule has 7 heteroatoms. The number of rotatable bonds is 12. The van der Waals surface area contributed by atoms with Crippen LogP contribution in [-0.4, -0.2) is 28.7 Å². The van der Waals surface area contributed by atoms with Gasteiger partial charge in [-0.1, -0.05) is 55.6 Å². The predicted molar refractivity (Wildman–Crippen MR) is 152 cm³/mol. The molecule has 4 rings (SSSR count). The van der Waals surface area contributed by atoms with E-state index in [4.69, 9.17) is 30.8 Å². The zero-order chi connectivity index (χ0) is 27.1. The summed E-state index contributed by atoms with van der Waals surface area (Å²) in [6, 6.07) is 17.4. The van der Waals surface area contributed by atoms with Crippen LogP contribution in [-0.2, 0) is 17.9 Å². The van der Waals surface area contributed by atoms with Crippen molar-refractivity contribution in [2.24, 2.45) is 0 Å². The molecule has 6 nitrogen and oxygen atoms in total. The summed E-state index contributed by atoms with van der Waals surface area (Å²) < 4.78 is 19.4. The number of aryl methyl sites for hydroxylation is 2. The molecule has 200 valence electrons. The van der Waals surface area contributed by atoms with E-state index in [2.05, 4.69) is 11.5 Å². The van der Waals surface area contributed by atoms with Crippen LogP contribution in [0.2, 0.25) is 5.02 Å². The van der Waals surface area contributed by atoms with E-state index < -0.39 is 0 Å². The molecule has 0 aliphatic rings. The molecular weight excluding hydrogens is 500 g/mol. The highest BCUT2D eigenvalue weighted by Crippen LogP contribution is 2.28. The molecule has 38 heavy (non-hydrogen) atoms. The third kappa shape index (κ3) is 6.48. The summed E-state index contributed by atoms with van der Waals surface area (Å²) in [4.78, 5) is 17.2. The van der Waals surface area contributed by atoms with Crippen LogP contribution in [0.3, 0.4) is 0 Å². The molecule has 1 aromatic heterocycles. The number of nitrogens with zero attached hydrogens (tertiary/aromatic N) is 2. The normalized spacial score (nSPS) is 11.1. The summed E-state index contributed by atoms with van der Waals surface area (Å²) in [5, 5.41) is 0.664. The fourth-order valence-electron chi connectivity index (χ4n) is 4.48. The van der Waals surface area contributed by atoms with Crippen molar-refractivity contribution in [3.8, 4) is 11.5 Å². The van der Waals surface area contributed by atoms with Crippen molar-refractivity contribution >= 4 is 28.6 Å². The highest BCUT2D eigenvalue weighted by atomic mass is 35.5. The monoisotopic (exact) mass is 534 g/mol. The van der Waals surface area contributed by atoms with E-state index in [1.165, 1.54) is 0 Å². The van der Waals surface area contributed by atoms with E-state index in [1.54, 1.807) is 6.92 Å². The van der Waals surface area contributed by atoms with Gasteiger partial charge in [0.15, 0.2) is 0 Å². The first-order valence-corrected chi connectivity index (χ1v) is 13.6. The lowest BCUT2D eigenvalue weighted by atomic mass is 10.0. The van der Waals surface area contributed by atoms with E-state index >= 15 is 0 Å². The Morgan fingerprint density at radius 2 is 1.74 bits per heavy atom. The van der Waals surface area contributed by atoms with Gasteiger partial charge < -0.3 is 18.8 Å². The molecule has 0 spiro atoms. The summed E-state index contributed by atoms with van der Waals surface area (Å²) in [5.41, 5.74) is 5.03. The van der Waals surface area contributed by atoms with E-state index in [-0.39, 0.29) is 12.6 Å². The van der Waals surface area contributed by atoms with Crippen LogP contribution in [0.15, 0.2) is 54.6 Å². The number of aromatic nitrogens is 2. The SMILES string of the molecule is CCCCCOc1ccc(Cn2c(C)nc3ccc(OCc4cccc(C)c4C(=O)OCC)cc32)c(Cl)c1. The third-order valence-corrected chi connectivity index (χ3v) is 6.86. The number of carbonyl (C=O) groups is 1. The van der Waals surface area contributed by atoms with Gasteiger partial charge >= 0.3 is 5.97 Å². The second-order valence-electron chi connectivity index (χ2n) is 9.32. The molecule has 0 aliphatic carbocycles. The van der Waals surface area contributed by atoms with E-state index in [0.29, 0.717) is 36.1 Å². The van der Waals surface area contributed by atoms with Gasteiger partial charge in [0.25, 0.3) is 0 Å². The van der Waals surface area contributed by atoms with Crippen LogP contribution in [0.5, 0.6) is 11.5 Å². The van der Waals surface area contributed by atoms with Gasteiger partial charge in [0.1, 0.15) is 23.9 Å². The number of imidazole rings is 1. The number of hydrogen-bond acceptors (Lipinski definition) is 5. The van der Waals surface area contributed by atoms with Gasteiger partial charge in [-0.15, -0.1) is 0 Å². The van der Waals surface area contributed by atoms with Gasteiger partial charge in [0.2, 0.25) is 0 Å². The van der Waals surface area contributed by atoms with Crippen LogP contribution in [0.25, 0.3) is 11.0 Å². The fourth-order valence-corrected chi connectivity index (χ4v) is 4.71.